The molecule has 0 aliphatic carbocycles. The van der Waals surface area contributed by atoms with Gasteiger partial charge in [0.2, 0.25) is 15.9 Å². The van der Waals surface area contributed by atoms with Crippen LogP contribution in [0.2, 0.25) is 0 Å². The van der Waals surface area contributed by atoms with E-state index in [9.17, 15) is 13.2 Å². The van der Waals surface area contributed by atoms with Crippen molar-refractivity contribution in [2.45, 2.75) is 25.2 Å². The summed E-state index contributed by atoms with van der Waals surface area (Å²) in [4.78, 5) is 14.6. The summed E-state index contributed by atoms with van der Waals surface area (Å²) < 4.78 is 25.2. The van der Waals surface area contributed by atoms with Gasteiger partial charge in [-0.25, -0.2) is 12.7 Å². The number of piperidine rings is 1. The molecule has 1 N–H and O–H groups in total. The van der Waals surface area contributed by atoms with Crippen LogP contribution in [0.3, 0.4) is 0 Å². The molecule has 1 aliphatic rings. The zero-order valence-corrected chi connectivity index (χ0v) is 15.6. The molecular weight excluding hydrogens is 326 g/mol. The maximum absolute atomic E-state index is 12.2. The van der Waals surface area contributed by atoms with Crippen LogP contribution in [0, 0.1) is 11.8 Å². The Bertz CT molecular complexity index is 661. The highest BCUT2D eigenvalue weighted by Gasteiger charge is 2.23. The number of likely N-dealkylation sites (tertiary alicyclic amines) is 1. The molecule has 1 heterocycles. The number of sulfonamides is 1. The van der Waals surface area contributed by atoms with Gasteiger partial charge < -0.3 is 5.32 Å². The molecule has 0 bridgehead atoms. The molecule has 1 fully saturated rings. The number of nitrogens with zero attached hydrogens (tertiary/aromatic N) is 2. The number of carbonyl (C=O) groups is 1. The molecule has 1 aromatic carbocycles. The van der Waals surface area contributed by atoms with E-state index in [0.29, 0.717) is 24.1 Å². The molecule has 1 aromatic rings. The molecule has 7 heteroatoms. The van der Waals surface area contributed by atoms with Crippen molar-refractivity contribution in [3.05, 3.63) is 24.3 Å². The van der Waals surface area contributed by atoms with Gasteiger partial charge in [-0.3, -0.25) is 9.69 Å². The van der Waals surface area contributed by atoms with Crippen molar-refractivity contribution in [2.24, 2.45) is 11.8 Å². The first-order chi connectivity index (χ1) is 11.2. The molecule has 0 unspecified atom stereocenters. The molecular formula is C17H27N3O3S. The Balaban J connectivity index is 1.95. The van der Waals surface area contributed by atoms with Crippen LogP contribution in [0.25, 0.3) is 0 Å². The zero-order chi connectivity index (χ0) is 17.9. The molecule has 1 aliphatic heterocycles. The first-order valence-electron chi connectivity index (χ1n) is 8.23. The van der Waals surface area contributed by atoms with Gasteiger partial charge in [0.25, 0.3) is 0 Å². The standard InChI is InChI=1S/C17H27N3O3S/c1-13-9-14(2)11-20(10-13)12-17(21)18-15-5-7-16(8-6-15)24(22,23)19(3)4/h5-8,13-14H,9-12H2,1-4H3,(H,18,21)/t13-,14-/m1/s1. The second-order valence-electron chi connectivity index (χ2n) is 7.00. The van der Waals surface area contributed by atoms with Gasteiger partial charge >= 0.3 is 0 Å². The lowest BCUT2D eigenvalue weighted by atomic mass is 9.92. The quantitative estimate of drug-likeness (QED) is 0.877. The molecule has 1 saturated heterocycles. The SMILES string of the molecule is C[C@@H]1C[C@@H](C)CN(CC(=O)Nc2ccc(S(=O)(=O)N(C)C)cc2)C1. The topological polar surface area (TPSA) is 69.7 Å². The van der Waals surface area contributed by atoms with E-state index in [0.717, 1.165) is 13.1 Å². The Morgan fingerprint density at radius 2 is 1.71 bits per heavy atom. The molecule has 6 nitrogen and oxygen atoms in total. The third-order valence-electron chi connectivity index (χ3n) is 4.23. The fourth-order valence-electron chi connectivity index (χ4n) is 3.25. The lowest BCUT2D eigenvalue weighted by Crippen LogP contribution is -2.42. The summed E-state index contributed by atoms with van der Waals surface area (Å²) in [6.07, 6.45) is 1.21. The highest BCUT2D eigenvalue weighted by molar-refractivity contribution is 7.89. The highest BCUT2D eigenvalue weighted by Crippen LogP contribution is 2.21. The van der Waals surface area contributed by atoms with E-state index in [1.54, 1.807) is 12.1 Å². The van der Waals surface area contributed by atoms with E-state index < -0.39 is 10.0 Å². The summed E-state index contributed by atoms with van der Waals surface area (Å²) in [5.41, 5.74) is 0.607. The maximum Gasteiger partial charge on any atom is 0.242 e. The van der Waals surface area contributed by atoms with E-state index in [1.807, 2.05) is 0 Å². The molecule has 24 heavy (non-hydrogen) atoms. The van der Waals surface area contributed by atoms with Gasteiger partial charge in [0.05, 0.1) is 11.4 Å². The normalized spacial score (nSPS) is 22.5. The van der Waals surface area contributed by atoms with Crippen LogP contribution in [0.1, 0.15) is 20.3 Å². The summed E-state index contributed by atoms with van der Waals surface area (Å²) in [5, 5.41) is 2.84. The van der Waals surface area contributed by atoms with Gasteiger partial charge in [-0.2, -0.15) is 0 Å². The van der Waals surface area contributed by atoms with Crippen LogP contribution in [0.4, 0.5) is 5.69 Å². The number of carbonyl (C=O) groups excluding carboxylic acids is 1. The second kappa shape index (κ2) is 7.63. The first-order valence-corrected chi connectivity index (χ1v) is 9.67. The first kappa shape index (κ1) is 18.9. The van der Waals surface area contributed by atoms with Crippen molar-refractivity contribution in [2.75, 3.05) is 39.0 Å². The van der Waals surface area contributed by atoms with Gasteiger partial charge in [0, 0.05) is 32.9 Å². The van der Waals surface area contributed by atoms with Crippen molar-refractivity contribution in [3.8, 4) is 0 Å². The number of nitrogens with one attached hydrogen (secondary N) is 1. The predicted octanol–water partition coefficient (Wildman–Crippen LogP) is 1.85. The van der Waals surface area contributed by atoms with E-state index in [2.05, 4.69) is 24.1 Å². The second-order valence-corrected chi connectivity index (χ2v) is 9.15. The number of hydrogen-bond donors (Lipinski definition) is 1. The average molecular weight is 353 g/mol. The molecule has 0 radical (unpaired) electrons. The Hall–Kier alpha value is -1.44. The van der Waals surface area contributed by atoms with Crippen molar-refractivity contribution < 1.29 is 13.2 Å². The molecule has 2 rings (SSSR count). The van der Waals surface area contributed by atoms with Crippen LogP contribution in [-0.4, -0.2) is 57.3 Å². The average Bonchev–Trinajstić information content (AvgIpc) is 2.46. The monoisotopic (exact) mass is 353 g/mol. The van der Waals surface area contributed by atoms with Crippen LogP contribution in [0.5, 0.6) is 0 Å². The van der Waals surface area contributed by atoms with Crippen LogP contribution in [0.15, 0.2) is 29.2 Å². The Kier molecular flexibility index (Phi) is 6.01. The van der Waals surface area contributed by atoms with Crippen molar-refractivity contribution in [1.29, 1.82) is 0 Å². The van der Waals surface area contributed by atoms with Gasteiger partial charge in [0.1, 0.15) is 0 Å². The molecule has 134 valence electrons. The number of rotatable bonds is 5. The van der Waals surface area contributed by atoms with E-state index in [1.165, 1.54) is 37.0 Å². The van der Waals surface area contributed by atoms with Gasteiger partial charge in [-0.05, 0) is 42.5 Å². The molecule has 0 saturated carbocycles. The van der Waals surface area contributed by atoms with Gasteiger partial charge in [-0.15, -0.1) is 0 Å². The number of benzene rings is 1. The molecule has 0 spiro atoms. The Morgan fingerprint density at radius 1 is 1.17 bits per heavy atom. The van der Waals surface area contributed by atoms with Crippen LogP contribution < -0.4 is 5.32 Å². The fraction of sp³-hybridized carbons (Fsp3) is 0.588. The summed E-state index contributed by atoms with van der Waals surface area (Å²) in [6, 6.07) is 6.26. The Labute approximate surface area is 144 Å². The third-order valence-corrected chi connectivity index (χ3v) is 6.06. The van der Waals surface area contributed by atoms with Crippen molar-refractivity contribution in [3.63, 3.8) is 0 Å². The van der Waals surface area contributed by atoms with Crippen molar-refractivity contribution in [1.82, 2.24) is 9.21 Å². The molecule has 1 amide bonds. The van der Waals surface area contributed by atoms with Gasteiger partial charge in [0.15, 0.2) is 0 Å². The lowest BCUT2D eigenvalue weighted by Gasteiger charge is -2.34. The largest absolute Gasteiger partial charge is 0.325 e. The number of anilines is 1. The van der Waals surface area contributed by atoms with Gasteiger partial charge in [-0.1, -0.05) is 13.8 Å². The minimum Gasteiger partial charge on any atom is -0.325 e. The highest BCUT2D eigenvalue weighted by atomic mass is 32.2. The Morgan fingerprint density at radius 3 is 2.21 bits per heavy atom. The van der Waals surface area contributed by atoms with E-state index >= 15 is 0 Å². The van der Waals surface area contributed by atoms with E-state index in [-0.39, 0.29) is 10.8 Å². The van der Waals surface area contributed by atoms with Crippen LogP contribution >= 0.6 is 0 Å². The fourth-order valence-corrected chi connectivity index (χ4v) is 4.15. The molecule has 2 atom stereocenters. The maximum atomic E-state index is 12.2. The summed E-state index contributed by atoms with van der Waals surface area (Å²) in [7, 11) is -0.461. The minimum atomic E-state index is -3.44. The number of amides is 1. The minimum absolute atomic E-state index is 0.0699. The summed E-state index contributed by atoms with van der Waals surface area (Å²) in [5.74, 6) is 1.15. The van der Waals surface area contributed by atoms with Crippen LogP contribution in [-0.2, 0) is 14.8 Å². The zero-order valence-electron chi connectivity index (χ0n) is 14.8. The predicted molar refractivity (Wildman–Crippen MR) is 95.3 cm³/mol. The van der Waals surface area contributed by atoms with Crippen molar-refractivity contribution >= 4 is 21.6 Å². The number of hydrogen-bond acceptors (Lipinski definition) is 4. The summed E-state index contributed by atoms with van der Waals surface area (Å²) in [6.45, 7) is 6.68. The molecule has 0 aromatic heterocycles. The van der Waals surface area contributed by atoms with E-state index in [4.69, 9.17) is 0 Å². The summed E-state index contributed by atoms with van der Waals surface area (Å²) >= 11 is 0. The lowest BCUT2D eigenvalue weighted by molar-refractivity contribution is -0.117. The smallest absolute Gasteiger partial charge is 0.242 e. The third kappa shape index (κ3) is 4.78.